The van der Waals surface area contributed by atoms with Crippen LogP contribution in [0, 0.1) is 0 Å². The van der Waals surface area contributed by atoms with Crippen LogP contribution in [0.1, 0.15) is 12.0 Å². The van der Waals surface area contributed by atoms with Gasteiger partial charge in [-0.1, -0.05) is 30.3 Å². The number of hydrogen-bond donors (Lipinski definition) is 0. The summed E-state index contributed by atoms with van der Waals surface area (Å²) >= 11 is 0. The monoisotopic (exact) mass is 363 g/mol. The molecule has 0 aliphatic carbocycles. The van der Waals surface area contributed by atoms with Gasteiger partial charge in [0.25, 0.3) is 0 Å². The summed E-state index contributed by atoms with van der Waals surface area (Å²) in [4.78, 5) is 24.4. The molecule has 7 nitrogen and oxygen atoms in total. The Hall–Kier alpha value is -2.38. The number of benzene rings is 1. The zero-order valence-corrected chi connectivity index (χ0v) is 15.0. The Morgan fingerprint density at radius 3 is 2.81 bits per heavy atom. The molecule has 1 atom stereocenters. The minimum Gasteiger partial charge on any atom is -0.499 e. The first-order valence-corrected chi connectivity index (χ1v) is 8.54. The summed E-state index contributed by atoms with van der Waals surface area (Å²) < 4.78 is 20.9. The Morgan fingerprint density at radius 1 is 1.27 bits per heavy atom. The van der Waals surface area contributed by atoms with Crippen LogP contribution in [0.2, 0.25) is 0 Å². The molecule has 0 N–H and O–H groups in total. The number of likely N-dealkylation sites (tertiary alicyclic amines) is 1. The van der Waals surface area contributed by atoms with Crippen LogP contribution in [0.15, 0.2) is 42.2 Å². The Bertz CT molecular complexity index is 589. The van der Waals surface area contributed by atoms with Gasteiger partial charge in [-0.25, -0.2) is 4.79 Å². The van der Waals surface area contributed by atoms with Crippen molar-refractivity contribution in [2.24, 2.45) is 0 Å². The summed E-state index contributed by atoms with van der Waals surface area (Å²) in [6, 6.07) is 9.58. The predicted molar refractivity (Wildman–Crippen MR) is 94.5 cm³/mol. The molecular weight excluding hydrogens is 338 g/mol. The van der Waals surface area contributed by atoms with E-state index in [0.717, 1.165) is 17.6 Å². The summed E-state index contributed by atoms with van der Waals surface area (Å²) in [5.41, 5.74) is 1.98. The average molecular weight is 363 g/mol. The zero-order valence-electron chi connectivity index (χ0n) is 15.0. The van der Waals surface area contributed by atoms with Crippen molar-refractivity contribution in [3.63, 3.8) is 0 Å². The quantitative estimate of drug-likeness (QED) is 0.360. The molecule has 1 aromatic rings. The minimum atomic E-state index is -0.572. The molecule has 26 heavy (non-hydrogen) atoms. The lowest BCUT2D eigenvalue weighted by Crippen LogP contribution is -2.28. The number of aldehydes is 1. The molecule has 1 aromatic carbocycles. The van der Waals surface area contributed by atoms with Crippen molar-refractivity contribution in [1.29, 1.82) is 0 Å². The lowest BCUT2D eigenvalue weighted by atomic mass is 10.2. The number of carbonyl (C=O) groups excluding carboxylic acids is 2. The smallest absolute Gasteiger partial charge is 0.410 e. The molecule has 1 amide bonds. The summed E-state index contributed by atoms with van der Waals surface area (Å²) in [6.45, 7) is 2.22. The Kier molecular flexibility index (Phi) is 8.65. The molecule has 1 fully saturated rings. The largest absolute Gasteiger partial charge is 0.499 e. The molecule has 2 rings (SSSR count). The molecule has 0 radical (unpaired) electrons. The van der Waals surface area contributed by atoms with E-state index in [4.69, 9.17) is 18.9 Å². The number of nitrogens with zero attached hydrogens (tertiary/aromatic N) is 1. The fourth-order valence-corrected chi connectivity index (χ4v) is 2.46. The van der Waals surface area contributed by atoms with Crippen LogP contribution in [-0.2, 0) is 30.3 Å². The van der Waals surface area contributed by atoms with E-state index in [2.05, 4.69) is 0 Å². The number of amides is 1. The fourth-order valence-electron chi connectivity index (χ4n) is 2.46. The number of methoxy groups -OCH3 is 1. The first kappa shape index (κ1) is 19.9. The van der Waals surface area contributed by atoms with E-state index in [0.29, 0.717) is 32.6 Å². The molecule has 1 heterocycles. The fraction of sp³-hybridized carbons (Fsp3) is 0.474. The van der Waals surface area contributed by atoms with E-state index in [1.807, 2.05) is 30.3 Å². The van der Waals surface area contributed by atoms with Crippen LogP contribution < -0.4 is 0 Å². The van der Waals surface area contributed by atoms with E-state index >= 15 is 0 Å². The van der Waals surface area contributed by atoms with Gasteiger partial charge in [-0.3, -0.25) is 0 Å². The highest BCUT2D eigenvalue weighted by atomic mass is 16.6. The molecule has 1 saturated heterocycles. The maximum absolute atomic E-state index is 12.1. The molecular formula is C19H25NO6. The Labute approximate surface area is 153 Å². The van der Waals surface area contributed by atoms with Gasteiger partial charge in [0.1, 0.15) is 19.3 Å². The highest BCUT2D eigenvalue weighted by Gasteiger charge is 2.23. The first-order valence-electron chi connectivity index (χ1n) is 8.54. The SMILES string of the molecule is COCC(C=O)OCCO/C=C1/CCN(C(=O)OCc2ccccc2)C1. The maximum Gasteiger partial charge on any atom is 0.410 e. The first-order chi connectivity index (χ1) is 12.7. The minimum absolute atomic E-state index is 0.227. The number of ether oxygens (including phenoxy) is 4. The van der Waals surface area contributed by atoms with Gasteiger partial charge in [-0.2, -0.15) is 0 Å². The third-order valence-electron chi connectivity index (χ3n) is 3.83. The molecule has 142 valence electrons. The summed E-state index contributed by atoms with van der Waals surface area (Å²) in [6.07, 6.45) is 2.21. The van der Waals surface area contributed by atoms with Crippen molar-refractivity contribution in [3.8, 4) is 0 Å². The second-order valence-corrected chi connectivity index (χ2v) is 5.86. The Morgan fingerprint density at radius 2 is 2.08 bits per heavy atom. The van der Waals surface area contributed by atoms with E-state index < -0.39 is 6.10 Å². The number of rotatable bonds is 10. The second kappa shape index (κ2) is 11.3. The van der Waals surface area contributed by atoms with Crippen molar-refractivity contribution >= 4 is 12.4 Å². The van der Waals surface area contributed by atoms with E-state index in [-0.39, 0.29) is 19.3 Å². The molecule has 1 unspecified atom stereocenters. The van der Waals surface area contributed by atoms with E-state index in [1.54, 1.807) is 11.2 Å². The van der Waals surface area contributed by atoms with Crippen LogP contribution in [0.3, 0.4) is 0 Å². The van der Waals surface area contributed by atoms with Gasteiger partial charge in [0.05, 0.1) is 19.5 Å². The number of carbonyl (C=O) groups is 2. The van der Waals surface area contributed by atoms with Crippen LogP contribution in [0.5, 0.6) is 0 Å². The van der Waals surface area contributed by atoms with Crippen molar-refractivity contribution < 1.29 is 28.5 Å². The summed E-state index contributed by atoms with van der Waals surface area (Å²) in [7, 11) is 1.51. The van der Waals surface area contributed by atoms with Crippen LogP contribution in [0.25, 0.3) is 0 Å². The lowest BCUT2D eigenvalue weighted by Gasteiger charge is -2.15. The van der Waals surface area contributed by atoms with Crippen LogP contribution in [-0.4, -0.2) is 63.4 Å². The zero-order chi connectivity index (χ0) is 18.6. The predicted octanol–water partition coefficient (Wildman–Crippen LogP) is 2.16. The third-order valence-corrected chi connectivity index (χ3v) is 3.83. The normalized spacial score (nSPS) is 16.5. The van der Waals surface area contributed by atoms with Gasteiger partial charge in [0.2, 0.25) is 0 Å². The van der Waals surface area contributed by atoms with E-state index in [9.17, 15) is 9.59 Å². The highest BCUT2D eigenvalue weighted by molar-refractivity contribution is 5.68. The van der Waals surface area contributed by atoms with Crippen molar-refractivity contribution in [1.82, 2.24) is 4.90 Å². The topological polar surface area (TPSA) is 74.3 Å². The number of hydrogen-bond acceptors (Lipinski definition) is 6. The second-order valence-electron chi connectivity index (χ2n) is 5.86. The van der Waals surface area contributed by atoms with Crippen molar-refractivity contribution in [3.05, 3.63) is 47.7 Å². The van der Waals surface area contributed by atoms with Crippen molar-refractivity contribution in [2.75, 3.05) is 40.0 Å². The summed E-state index contributed by atoms with van der Waals surface area (Å²) in [5.74, 6) is 0. The van der Waals surface area contributed by atoms with Crippen molar-refractivity contribution in [2.45, 2.75) is 19.1 Å². The van der Waals surface area contributed by atoms with Gasteiger partial charge < -0.3 is 28.6 Å². The van der Waals surface area contributed by atoms with Gasteiger partial charge in [0.15, 0.2) is 6.29 Å². The molecule has 1 aliphatic heterocycles. The molecule has 1 aliphatic rings. The average Bonchev–Trinajstić information content (AvgIpc) is 3.15. The third kappa shape index (κ3) is 6.85. The molecule has 0 bridgehead atoms. The molecule has 0 spiro atoms. The molecule has 0 aromatic heterocycles. The van der Waals surface area contributed by atoms with E-state index in [1.165, 1.54) is 7.11 Å². The van der Waals surface area contributed by atoms with Gasteiger partial charge in [-0.05, 0) is 17.6 Å². The van der Waals surface area contributed by atoms with Gasteiger partial charge in [-0.15, -0.1) is 0 Å². The Balaban J connectivity index is 1.63. The summed E-state index contributed by atoms with van der Waals surface area (Å²) in [5, 5.41) is 0. The van der Waals surface area contributed by atoms with Gasteiger partial charge in [0, 0.05) is 20.2 Å². The van der Waals surface area contributed by atoms with Crippen LogP contribution >= 0.6 is 0 Å². The van der Waals surface area contributed by atoms with Crippen LogP contribution in [0.4, 0.5) is 4.79 Å². The van der Waals surface area contributed by atoms with Gasteiger partial charge >= 0.3 is 6.09 Å². The highest BCUT2D eigenvalue weighted by Crippen LogP contribution is 2.16. The molecule has 0 saturated carbocycles. The lowest BCUT2D eigenvalue weighted by molar-refractivity contribution is -0.122. The molecule has 7 heteroatoms. The standard InChI is InChI=1S/C19H25NO6/c1-23-15-18(12-21)25-10-9-24-13-17-7-8-20(11-17)19(22)26-14-16-5-3-2-4-6-16/h2-6,12-13,18H,7-11,14-15H2,1H3/b17-13-. The maximum atomic E-state index is 12.1.